The maximum atomic E-state index is 4.79. The number of aromatic nitrogens is 3. The van der Waals surface area contributed by atoms with Crippen molar-refractivity contribution < 1.29 is 0 Å². The molecule has 0 fully saturated rings. The molecular formula is C16H22N4S. The summed E-state index contributed by atoms with van der Waals surface area (Å²) in [6, 6.07) is 2.28. The van der Waals surface area contributed by atoms with Gasteiger partial charge in [0, 0.05) is 23.5 Å². The zero-order valence-corrected chi connectivity index (χ0v) is 13.6. The number of aryl methyl sites for hydroxylation is 3. The third-order valence-electron chi connectivity index (χ3n) is 3.95. The van der Waals surface area contributed by atoms with Crippen molar-refractivity contribution in [1.29, 1.82) is 0 Å². The van der Waals surface area contributed by atoms with Gasteiger partial charge in [-0.1, -0.05) is 24.7 Å². The molecule has 112 valence electrons. The highest BCUT2D eigenvalue weighted by molar-refractivity contribution is 7.18. The number of pyridine rings is 1. The number of hydrogen-bond acceptors (Lipinski definition) is 5. The fourth-order valence-electron chi connectivity index (χ4n) is 2.73. The van der Waals surface area contributed by atoms with Crippen LogP contribution in [0.5, 0.6) is 0 Å². The van der Waals surface area contributed by atoms with Crippen molar-refractivity contribution in [2.24, 2.45) is 0 Å². The lowest BCUT2D eigenvalue weighted by Gasteiger charge is -2.16. The normalized spacial score (nSPS) is 14.0. The van der Waals surface area contributed by atoms with Crippen LogP contribution in [0.15, 0.2) is 6.07 Å². The lowest BCUT2D eigenvalue weighted by atomic mass is 9.94. The highest BCUT2D eigenvalue weighted by Gasteiger charge is 2.16. The van der Waals surface area contributed by atoms with Crippen LogP contribution >= 0.6 is 11.3 Å². The van der Waals surface area contributed by atoms with Gasteiger partial charge in [-0.05, 0) is 50.7 Å². The van der Waals surface area contributed by atoms with Gasteiger partial charge in [0.15, 0.2) is 5.01 Å². The van der Waals surface area contributed by atoms with E-state index in [2.05, 4.69) is 35.4 Å². The topological polar surface area (TPSA) is 50.7 Å². The lowest BCUT2D eigenvalue weighted by Crippen LogP contribution is -2.07. The Balaban J connectivity index is 1.83. The fraction of sp³-hybridized carbons (Fsp3) is 0.562. The molecule has 0 aromatic carbocycles. The first kappa shape index (κ1) is 14.4. The molecule has 21 heavy (non-hydrogen) atoms. The van der Waals surface area contributed by atoms with Gasteiger partial charge in [-0.25, -0.2) is 0 Å². The number of unbranched alkanes of at least 4 members (excludes halogenated alkanes) is 1. The SMILES string of the molecule is CCCCNc1nnc(-c2cc3c(nc2C)CCCC3)s1. The Morgan fingerprint density at radius 2 is 2.10 bits per heavy atom. The van der Waals surface area contributed by atoms with Crippen LogP contribution < -0.4 is 5.32 Å². The van der Waals surface area contributed by atoms with Crippen molar-refractivity contribution in [3.8, 4) is 10.6 Å². The maximum absolute atomic E-state index is 4.79. The van der Waals surface area contributed by atoms with Crippen LogP contribution in [0.3, 0.4) is 0 Å². The smallest absolute Gasteiger partial charge is 0.206 e. The Kier molecular flexibility index (Phi) is 4.48. The summed E-state index contributed by atoms with van der Waals surface area (Å²) in [6.07, 6.45) is 7.16. The van der Waals surface area contributed by atoms with Crippen LogP contribution in [0.25, 0.3) is 10.6 Å². The highest BCUT2D eigenvalue weighted by atomic mass is 32.1. The predicted octanol–water partition coefficient (Wildman–Crippen LogP) is 4.00. The summed E-state index contributed by atoms with van der Waals surface area (Å²) < 4.78 is 0. The lowest BCUT2D eigenvalue weighted by molar-refractivity contribution is 0.666. The molecular weight excluding hydrogens is 280 g/mol. The summed E-state index contributed by atoms with van der Waals surface area (Å²) >= 11 is 1.63. The van der Waals surface area contributed by atoms with Crippen molar-refractivity contribution in [3.05, 3.63) is 23.0 Å². The van der Waals surface area contributed by atoms with Crippen LogP contribution in [0.1, 0.15) is 49.6 Å². The van der Waals surface area contributed by atoms with Crippen molar-refractivity contribution >= 4 is 16.5 Å². The molecule has 0 atom stereocenters. The van der Waals surface area contributed by atoms with E-state index >= 15 is 0 Å². The van der Waals surface area contributed by atoms with E-state index in [-0.39, 0.29) is 0 Å². The molecule has 0 unspecified atom stereocenters. The van der Waals surface area contributed by atoms with Crippen LogP contribution in [-0.2, 0) is 12.8 Å². The summed E-state index contributed by atoms with van der Waals surface area (Å²) in [6.45, 7) is 5.23. The molecule has 0 radical (unpaired) electrons. The van der Waals surface area contributed by atoms with Crippen LogP contribution in [-0.4, -0.2) is 21.7 Å². The zero-order chi connectivity index (χ0) is 14.7. The van der Waals surface area contributed by atoms with Crippen LogP contribution in [0.2, 0.25) is 0 Å². The molecule has 5 heteroatoms. The van der Waals surface area contributed by atoms with Crippen molar-refractivity contribution in [1.82, 2.24) is 15.2 Å². The van der Waals surface area contributed by atoms with Gasteiger partial charge < -0.3 is 5.32 Å². The molecule has 0 saturated carbocycles. The third kappa shape index (κ3) is 3.23. The summed E-state index contributed by atoms with van der Waals surface area (Å²) in [4.78, 5) is 4.79. The van der Waals surface area contributed by atoms with Gasteiger partial charge in [0.05, 0.1) is 0 Å². The maximum Gasteiger partial charge on any atom is 0.206 e. The average molecular weight is 302 g/mol. The minimum Gasteiger partial charge on any atom is -0.360 e. The minimum atomic E-state index is 0.913. The molecule has 1 aliphatic rings. The Hall–Kier alpha value is -1.49. The van der Waals surface area contributed by atoms with Gasteiger partial charge >= 0.3 is 0 Å². The summed E-state index contributed by atoms with van der Waals surface area (Å²) in [5, 5.41) is 13.8. The Morgan fingerprint density at radius 3 is 2.95 bits per heavy atom. The van der Waals surface area contributed by atoms with Gasteiger partial charge in [0.1, 0.15) is 0 Å². The first-order valence-electron chi connectivity index (χ1n) is 7.85. The molecule has 2 heterocycles. The van der Waals surface area contributed by atoms with Gasteiger partial charge in [-0.3, -0.25) is 4.98 Å². The van der Waals surface area contributed by atoms with E-state index in [0.29, 0.717) is 0 Å². The third-order valence-corrected chi connectivity index (χ3v) is 4.87. The molecule has 4 nitrogen and oxygen atoms in total. The summed E-state index contributed by atoms with van der Waals surface area (Å²) in [5.41, 5.74) is 4.91. The molecule has 2 aromatic heterocycles. The Morgan fingerprint density at radius 1 is 1.24 bits per heavy atom. The van der Waals surface area contributed by atoms with E-state index < -0.39 is 0 Å². The average Bonchev–Trinajstić information content (AvgIpc) is 2.95. The second kappa shape index (κ2) is 6.52. The number of nitrogens with zero attached hydrogens (tertiary/aromatic N) is 3. The zero-order valence-electron chi connectivity index (χ0n) is 12.8. The Bertz CT molecular complexity index is 621. The predicted molar refractivity (Wildman–Crippen MR) is 87.9 cm³/mol. The van der Waals surface area contributed by atoms with E-state index in [1.807, 2.05) is 0 Å². The van der Waals surface area contributed by atoms with Crippen LogP contribution in [0.4, 0.5) is 5.13 Å². The first-order chi connectivity index (χ1) is 10.3. The summed E-state index contributed by atoms with van der Waals surface area (Å²) in [5.74, 6) is 0. The largest absolute Gasteiger partial charge is 0.360 e. The van der Waals surface area contributed by atoms with E-state index in [4.69, 9.17) is 4.98 Å². The van der Waals surface area contributed by atoms with Gasteiger partial charge in [0.25, 0.3) is 0 Å². The number of rotatable bonds is 5. The van der Waals surface area contributed by atoms with E-state index in [9.17, 15) is 0 Å². The van der Waals surface area contributed by atoms with Gasteiger partial charge in [-0.15, -0.1) is 10.2 Å². The molecule has 0 bridgehead atoms. The van der Waals surface area contributed by atoms with Crippen molar-refractivity contribution in [3.63, 3.8) is 0 Å². The molecule has 2 aromatic rings. The molecule has 0 saturated heterocycles. The second-order valence-electron chi connectivity index (χ2n) is 5.63. The quantitative estimate of drug-likeness (QED) is 0.848. The molecule has 0 spiro atoms. The van der Waals surface area contributed by atoms with E-state index in [1.165, 1.54) is 30.5 Å². The number of fused-ring (bicyclic) bond motifs is 1. The Labute approximate surface area is 130 Å². The number of anilines is 1. The molecule has 3 rings (SSSR count). The minimum absolute atomic E-state index is 0.913. The van der Waals surface area contributed by atoms with Gasteiger partial charge in [0.2, 0.25) is 5.13 Å². The van der Waals surface area contributed by atoms with Gasteiger partial charge in [-0.2, -0.15) is 0 Å². The van der Waals surface area contributed by atoms with Crippen molar-refractivity contribution in [2.75, 3.05) is 11.9 Å². The monoisotopic (exact) mass is 302 g/mol. The number of nitrogens with one attached hydrogen (secondary N) is 1. The number of hydrogen-bond donors (Lipinski definition) is 1. The van der Waals surface area contributed by atoms with E-state index in [1.54, 1.807) is 11.3 Å². The standard InChI is InChI=1S/C16H22N4S/c1-3-4-9-17-16-20-19-15(21-16)13-10-12-7-5-6-8-14(12)18-11(13)2/h10H,3-9H2,1-2H3,(H,17,20). The molecule has 1 N–H and O–H groups in total. The first-order valence-corrected chi connectivity index (χ1v) is 8.66. The van der Waals surface area contributed by atoms with E-state index in [0.717, 1.165) is 47.2 Å². The highest BCUT2D eigenvalue weighted by Crippen LogP contribution is 2.31. The molecule has 0 aliphatic heterocycles. The molecule has 1 aliphatic carbocycles. The van der Waals surface area contributed by atoms with Crippen LogP contribution in [0, 0.1) is 6.92 Å². The van der Waals surface area contributed by atoms with Crippen molar-refractivity contribution in [2.45, 2.75) is 52.4 Å². The summed E-state index contributed by atoms with van der Waals surface area (Å²) in [7, 11) is 0. The second-order valence-corrected chi connectivity index (χ2v) is 6.60. The molecule has 0 amide bonds. The fourth-order valence-corrected chi connectivity index (χ4v) is 3.57.